The van der Waals surface area contributed by atoms with Gasteiger partial charge in [0.05, 0.1) is 12.2 Å². The first kappa shape index (κ1) is 18.0. The van der Waals surface area contributed by atoms with Crippen molar-refractivity contribution >= 4 is 22.4 Å². The Morgan fingerprint density at radius 2 is 1.96 bits per heavy atom. The Morgan fingerprint density at radius 1 is 1.21 bits per heavy atom. The molecule has 1 aromatic carbocycles. The van der Waals surface area contributed by atoms with Gasteiger partial charge in [-0.1, -0.05) is 29.5 Å². The van der Waals surface area contributed by atoms with Crippen LogP contribution in [0.5, 0.6) is 0 Å². The van der Waals surface area contributed by atoms with Crippen molar-refractivity contribution in [3.8, 4) is 0 Å². The molecule has 5 nitrogen and oxygen atoms in total. The highest BCUT2D eigenvalue weighted by Gasteiger charge is 2.39. The second-order valence-electron chi connectivity index (χ2n) is 7.68. The van der Waals surface area contributed by atoms with Crippen LogP contribution >= 0.6 is 11.3 Å². The van der Waals surface area contributed by atoms with Crippen molar-refractivity contribution in [3.05, 3.63) is 46.0 Å². The lowest BCUT2D eigenvalue weighted by atomic mass is 10.1. The lowest BCUT2D eigenvalue weighted by molar-refractivity contribution is 0.0724. The van der Waals surface area contributed by atoms with Crippen molar-refractivity contribution in [1.82, 2.24) is 15.2 Å². The third-order valence-electron chi connectivity index (χ3n) is 6.03. The number of amides is 1. The molecule has 3 aliphatic rings. The fourth-order valence-corrected chi connectivity index (χ4v) is 5.87. The summed E-state index contributed by atoms with van der Waals surface area (Å²) in [5.74, 6) is -0.321. The Balaban J connectivity index is 1.38. The Labute approximate surface area is 166 Å². The number of benzene rings is 1. The SMILES string of the molecule is O=C(c1ccccc1C(F)F)N1CCc2nc(N3C4CCC3CNC4)sc2C1. The van der Waals surface area contributed by atoms with Gasteiger partial charge in [0.1, 0.15) is 0 Å². The van der Waals surface area contributed by atoms with Crippen LogP contribution in [0.15, 0.2) is 24.3 Å². The predicted octanol–water partition coefficient (Wildman–Crippen LogP) is 3.22. The van der Waals surface area contributed by atoms with Gasteiger partial charge in [-0.25, -0.2) is 13.8 Å². The lowest BCUT2D eigenvalue weighted by Gasteiger charge is -2.35. The highest BCUT2D eigenvalue weighted by atomic mass is 32.1. The summed E-state index contributed by atoms with van der Waals surface area (Å²) in [7, 11) is 0. The molecule has 0 saturated carbocycles. The molecule has 148 valence electrons. The van der Waals surface area contributed by atoms with E-state index in [-0.39, 0.29) is 17.0 Å². The van der Waals surface area contributed by atoms with Gasteiger partial charge in [0, 0.05) is 54.1 Å². The number of hydrogen-bond acceptors (Lipinski definition) is 5. The summed E-state index contributed by atoms with van der Waals surface area (Å²) in [4.78, 5) is 23.0. The molecule has 3 aliphatic heterocycles. The molecule has 4 heterocycles. The molecule has 2 fully saturated rings. The van der Waals surface area contributed by atoms with Crippen molar-refractivity contribution in [2.45, 2.75) is 44.3 Å². The number of hydrogen-bond donors (Lipinski definition) is 1. The number of rotatable bonds is 3. The van der Waals surface area contributed by atoms with E-state index in [1.54, 1.807) is 28.4 Å². The quantitative estimate of drug-likeness (QED) is 0.854. The van der Waals surface area contributed by atoms with Crippen LogP contribution in [0.1, 0.15) is 45.8 Å². The number of halogens is 2. The maximum absolute atomic E-state index is 13.3. The number of nitrogens with one attached hydrogen (secondary N) is 1. The van der Waals surface area contributed by atoms with Crippen molar-refractivity contribution in [1.29, 1.82) is 0 Å². The van der Waals surface area contributed by atoms with Crippen molar-refractivity contribution < 1.29 is 13.6 Å². The molecular weight excluding hydrogens is 382 g/mol. The topological polar surface area (TPSA) is 48.5 Å². The average molecular weight is 404 g/mol. The van der Waals surface area contributed by atoms with E-state index < -0.39 is 6.43 Å². The molecule has 1 amide bonds. The molecule has 0 aliphatic carbocycles. The van der Waals surface area contributed by atoms with Gasteiger partial charge in [0.15, 0.2) is 5.13 Å². The Hall–Kier alpha value is -2.06. The number of aromatic nitrogens is 1. The predicted molar refractivity (Wildman–Crippen MR) is 104 cm³/mol. The van der Waals surface area contributed by atoms with Gasteiger partial charge < -0.3 is 15.1 Å². The number of anilines is 1. The summed E-state index contributed by atoms with van der Waals surface area (Å²) in [5, 5.41) is 4.54. The summed E-state index contributed by atoms with van der Waals surface area (Å²) >= 11 is 1.66. The smallest absolute Gasteiger partial charge is 0.264 e. The summed E-state index contributed by atoms with van der Waals surface area (Å²) in [5.41, 5.74) is 0.968. The molecule has 1 N–H and O–H groups in total. The van der Waals surface area contributed by atoms with Crippen molar-refractivity contribution in [2.75, 3.05) is 24.5 Å². The first-order valence-corrected chi connectivity index (χ1v) is 10.6. The van der Waals surface area contributed by atoms with Gasteiger partial charge in [0.25, 0.3) is 12.3 Å². The molecule has 5 rings (SSSR count). The van der Waals surface area contributed by atoms with Crippen LogP contribution in [0, 0.1) is 0 Å². The second kappa shape index (κ2) is 7.08. The number of alkyl halides is 2. The molecule has 2 unspecified atom stereocenters. The highest BCUT2D eigenvalue weighted by Crippen LogP contribution is 2.38. The van der Waals surface area contributed by atoms with E-state index in [9.17, 15) is 13.6 Å². The van der Waals surface area contributed by atoms with Gasteiger partial charge in [-0.3, -0.25) is 4.79 Å². The number of fused-ring (bicyclic) bond motifs is 3. The largest absolute Gasteiger partial charge is 0.340 e. The Morgan fingerprint density at radius 3 is 2.71 bits per heavy atom. The van der Waals surface area contributed by atoms with Gasteiger partial charge in [0.2, 0.25) is 0 Å². The van der Waals surface area contributed by atoms with Crippen LogP contribution in [-0.2, 0) is 13.0 Å². The van der Waals surface area contributed by atoms with E-state index in [1.807, 2.05) is 0 Å². The van der Waals surface area contributed by atoms with Crippen LogP contribution in [0.2, 0.25) is 0 Å². The fraction of sp³-hybridized carbons (Fsp3) is 0.500. The number of nitrogens with zero attached hydrogens (tertiary/aromatic N) is 3. The minimum absolute atomic E-state index is 0.103. The minimum atomic E-state index is -2.65. The molecule has 0 radical (unpaired) electrons. The van der Waals surface area contributed by atoms with E-state index in [0.29, 0.717) is 31.6 Å². The molecule has 28 heavy (non-hydrogen) atoms. The van der Waals surface area contributed by atoms with Gasteiger partial charge in [-0.2, -0.15) is 0 Å². The van der Waals surface area contributed by atoms with Crippen LogP contribution in [0.4, 0.5) is 13.9 Å². The highest BCUT2D eigenvalue weighted by molar-refractivity contribution is 7.15. The van der Waals surface area contributed by atoms with Gasteiger partial charge >= 0.3 is 0 Å². The van der Waals surface area contributed by atoms with Gasteiger partial charge in [-0.15, -0.1) is 0 Å². The lowest BCUT2D eigenvalue weighted by Crippen LogP contribution is -2.51. The van der Waals surface area contributed by atoms with Crippen LogP contribution in [0.3, 0.4) is 0 Å². The van der Waals surface area contributed by atoms with E-state index in [2.05, 4.69) is 10.2 Å². The number of piperazine rings is 1. The second-order valence-corrected chi connectivity index (χ2v) is 8.74. The molecule has 1 aromatic heterocycles. The van der Waals surface area contributed by atoms with Crippen molar-refractivity contribution in [2.24, 2.45) is 0 Å². The zero-order valence-electron chi connectivity index (χ0n) is 15.4. The van der Waals surface area contributed by atoms with Crippen LogP contribution in [0.25, 0.3) is 0 Å². The molecule has 0 spiro atoms. The zero-order chi connectivity index (χ0) is 19.3. The van der Waals surface area contributed by atoms with E-state index in [1.165, 1.54) is 25.0 Å². The zero-order valence-corrected chi connectivity index (χ0v) is 16.2. The van der Waals surface area contributed by atoms with E-state index >= 15 is 0 Å². The monoisotopic (exact) mass is 404 g/mol. The first-order chi connectivity index (χ1) is 13.6. The maximum Gasteiger partial charge on any atom is 0.264 e. The van der Waals surface area contributed by atoms with Gasteiger partial charge in [-0.05, 0) is 18.9 Å². The molecular formula is C20H22F2N4OS. The Bertz CT molecular complexity index is 886. The summed E-state index contributed by atoms with van der Waals surface area (Å²) in [6.07, 6.45) is 0.405. The van der Waals surface area contributed by atoms with E-state index in [4.69, 9.17) is 4.98 Å². The standard InChI is InChI=1S/C20H22F2N4OS/c21-18(22)14-3-1-2-4-15(14)19(27)25-8-7-16-17(11-25)28-20(24-16)26-12-5-6-13(26)10-23-9-12/h1-4,12-13,18,23H,5-11H2. The van der Waals surface area contributed by atoms with Crippen molar-refractivity contribution in [3.63, 3.8) is 0 Å². The van der Waals surface area contributed by atoms with Crippen LogP contribution < -0.4 is 10.2 Å². The summed E-state index contributed by atoms with van der Waals surface area (Å²) < 4.78 is 26.6. The van der Waals surface area contributed by atoms with E-state index in [0.717, 1.165) is 28.8 Å². The minimum Gasteiger partial charge on any atom is -0.340 e. The number of carbonyl (C=O) groups is 1. The normalized spacial score (nSPS) is 24.0. The molecule has 2 saturated heterocycles. The Kier molecular flexibility index (Phi) is 4.55. The average Bonchev–Trinajstić information content (AvgIpc) is 3.23. The maximum atomic E-state index is 13.3. The first-order valence-electron chi connectivity index (χ1n) is 9.76. The third kappa shape index (κ3) is 2.99. The fourth-order valence-electron chi connectivity index (χ4n) is 4.61. The third-order valence-corrected chi connectivity index (χ3v) is 7.13. The molecule has 2 aromatic rings. The van der Waals surface area contributed by atoms with Crippen LogP contribution in [-0.4, -0.2) is 47.5 Å². The summed E-state index contributed by atoms with van der Waals surface area (Å²) in [6, 6.07) is 7.02. The molecule has 2 atom stereocenters. The molecule has 8 heteroatoms. The molecule has 2 bridgehead atoms. The number of thiazole rings is 1. The summed E-state index contributed by atoms with van der Waals surface area (Å²) in [6.45, 7) is 2.96. The number of carbonyl (C=O) groups excluding carboxylic acids is 1.